The second kappa shape index (κ2) is 2.63. The van der Waals surface area contributed by atoms with Crippen LogP contribution in [0.1, 0.15) is 27.2 Å². The lowest BCUT2D eigenvalue weighted by atomic mass is 9.53. The second-order valence-corrected chi connectivity index (χ2v) is 4.34. The summed E-state index contributed by atoms with van der Waals surface area (Å²) in [4.78, 5) is 0. The summed E-state index contributed by atoms with van der Waals surface area (Å²) in [6, 6.07) is 0. The van der Waals surface area contributed by atoms with Crippen LogP contribution < -0.4 is 0 Å². The van der Waals surface area contributed by atoms with Gasteiger partial charge in [-0.25, -0.2) is 0 Å². The molecule has 1 fully saturated rings. The zero-order chi connectivity index (χ0) is 8.65. The Bertz CT molecular complexity index is 170. The summed E-state index contributed by atoms with van der Waals surface area (Å²) in [5.41, 5.74) is 1.54. The van der Waals surface area contributed by atoms with Crippen LogP contribution in [0.15, 0.2) is 12.2 Å². The Morgan fingerprint density at radius 2 is 2.18 bits per heavy atom. The molecule has 11 heavy (non-hydrogen) atoms. The highest BCUT2D eigenvalue weighted by molar-refractivity contribution is 5.11. The van der Waals surface area contributed by atoms with Gasteiger partial charge in [0.25, 0.3) is 0 Å². The molecule has 0 bridgehead atoms. The predicted molar refractivity (Wildman–Crippen MR) is 47.3 cm³/mol. The maximum absolute atomic E-state index is 8.99. The Morgan fingerprint density at radius 1 is 1.64 bits per heavy atom. The normalized spacial score (nSPS) is 34.5. The summed E-state index contributed by atoms with van der Waals surface area (Å²) in [6.45, 7) is 10.8. The number of rotatable bonds is 2. The van der Waals surface area contributed by atoms with Gasteiger partial charge in [-0.05, 0) is 30.6 Å². The fourth-order valence-corrected chi connectivity index (χ4v) is 2.16. The summed E-state index contributed by atoms with van der Waals surface area (Å²) >= 11 is 0. The lowest BCUT2D eigenvalue weighted by molar-refractivity contribution is -0.0315. The van der Waals surface area contributed by atoms with Crippen LogP contribution in [0.3, 0.4) is 0 Å². The van der Waals surface area contributed by atoms with E-state index in [2.05, 4.69) is 27.4 Å². The van der Waals surface area contributed by atoms with Crippen molar-refractivity contribution < 1.29 is 5.11 Å². The first-order valence-electron chi connectivity index (χ1n) is 4.26. The first-order valence-corrected chi connectivity index (χ1v) is 4.26. The van der Waals surface area contributed by atoms with E-state index in [9.17, 15) is 0 Å². The minimum absolute atomic E-state index is 0.278. The first kappa shape index (κ1) is 8.79. The van der Waals surface area contributed by atoms with Gasteiger partial charge >= 0.3 is 0 Å². The lowest BCUT2D eigenvalue weighted by Gasteiger charge is -2.52. The van der Waals surface area contributed by atoms with Crippen LogP contribution in [-0.2, 0) is 0 Å². The van der Waals surface area contributed by atoms with Gasteiger partial charge in [0.2, 0.25) is 0 Å². The summed E-state index contributed by atoms with van der Waals surface area (Å²) in [5, 5.41) is 8.99. The van der Waals surface area contributed by atoms with E-state index in [0.29, 0.717) is 18.4 Å². The van der Waals surface area contributed by atoms with Crippen LogP contribution in [0.4, 0.5) is 0 Å². The van der Waals surface area contributed by atoms with E-state index < -0.39 is 0 Å². The molecule has 0 aliphatic heterocycles. The number of hydrogen-bond donors (Lipinski definition) is 1. The minimum atomic E-state index is 0.278. The average Bonchev–Trinajstić information content (AvgIpc) is 1.85. The molecule has 2 atom stereocenters. The van der Waals surface area contributed by atoms with Crippen molar-refractivity contribution in [3.63, 3.8) is 0 Å². The van der Waals surface area contributed by atoms with Gasteiger partial charge in [-0.15, -0.1) is 0 Å². The van der Waals surface area contributed by atoms with Gasteiger partial charge in [-0.2, -0.15) is 0 Å². The van der Waals surface area contributed by atoms with Crippen molar-refractivity contribution >= 4 is 0 Å². The standard InChI is InChI=1S/C10H18O/c1-7(2)9-5-8(6-11)10(9,3)4/h8-9,11H,1,5-6H2,2-4H3/t8-,9+/m1/s1. The van der Waals surface area contributed by atoms with E-state index in [4.69, 9.17) is 5.11 Å². The molecule has 1 nitrogen and oxygen atoms in total. The Hall–Kier alpha value is -0.300. The molecule has 1 heteroatoms. The SMILES string of the molecule is C=C(C)[C@@H]1C[C@H](CO)C1(C)C. The molecule has 0 aromatic carbocycles. The maximum Gasteiger partial charge on any atom is 0.0464 e. The molecule has 64 valence electrons. The number of aliphatic hydroxyl groups excluding tert-OH is 1. The fraction of sp³-hybridized carbons (Fsp3) is 0.800. The molecule has 0 unspecified atom stereocenters. The smallest absolute Gasteiger partial charge is 0.0464 e. The van der Waals surface area contributed by atoms with Gasteiger partial charge in [0.1, 0.15) is 0 Å². The zero-order valence-electron chi connectivity index (χ0n) is 7.72. The number of allylic oxidation sites excluding steroid dienone is 1. The molecular formula is C10H18O. The molecule has 1 N–H and O–H groups in total. The van der Waals surface area contributed by atoms with Gasteiger partial charge in [0.15, 0.2) is 0 Å². The third-order valence-corrected chi connectivity index (χ3v) is 3.29. The van der Waals surface area contributed by atoms with Crippen molar-refractivity contribution in [2.24, 2.45) is 17.3 Å². The van der Waals surface area contributed by atoms with Crippen molar-refractivity contribution in [3.05, 3.63) is 12.2 Å². The van der Waals surface area contributed by atoms with Crippen LogP contribution in [0.25, 0.3) is 0 Å². The van der Waals surface area contributed by atoms with E-state index in [1.807, 2.05) is 0 Å². The first-order chi connectivity index (χ1) is 5.00. The lowest BCUT2D eigenvalue weighted by Crippen LogP contribution is -2.46. The highest BCUT2D eigenvalue weighted by Crippen LogP contribution is 2.53. The van der Waals surface area contributed by atoms with Gasteiger partial charge < -0.3 is 5.11 Å². The van der Waals surface area contributed by atoms with Gasteiger partial charge in [0.05, 0.1) is 0 Å². The molecule has 1 aliphatic carbocycles. The van der Waals surface area contributed by atoms with Crippen molar-refractivity contribution in [1.29, 1.82) is 0 Å². The van der Waals surface area contributed by atoms with E-state index in [1.165, 1.54) is 5.57 Å². The second-order valence-electron chi connectivity index (χ2n) is 4.34. The molecule has 0 saturated heterocycles. The molecule has 0 amide bonds. The molecule has 0 aromatic heterocycles. The summed E-state index contributed by atoms with van der Waals surface area (Å²) in [7, 11) is 0. The molecule has 0 aromatic rings. The number of hydrogen-bond acceptors (Lipinski definition) is 1. The van der Waals surface area contributed by atoms with Crippen LogP contribution in [0.2, 0.25) is 0 Å². The highest BCUT2D eigenvalue weighted by Gasteiger charge is 2.47. The van der Waals surface area contributed by atoms with Crippen molar-refractivity contribution in [2.45, 2.75) is 27.2 Å². The van der Waals surface area contributed by atoms with E-state index in [1.54, 1.807) is 0 Å². The minimum Gasteiger partial charge on any atom is -0.396 e. The predicted octanol–water partition coefficient (Wildman–Crippen LogP) is 2.22. The van der Waals surface area contributed by atoms with Gasteiger partial charge in [-0.1, -0.05) is 26.0 Å². The summed E-state index contributed by atoms with van der Waals surface area (Å²) in [5.74, 6) is 1.11. The third kappa shape index (κ3) is 1.22. The Morgan fingerprint density at radius 3 is 2.45 bits per heavy atom. The average molecular weight is 154 g/mol. The monoisotopic (exact) mass is 154 g/mol. The van der Waals surface area contributed by atoms with Gasteiger partial charge in [0, 0.05) is 6.61 Å². The molecule has 1 saturated carbocycles. The Kier molecular flexibility index (Phi) is 2.10. The van der Waals surface area contributed by atoms with Crippen LogP contribution in [-0.4, -0.2) is 11.7 Å². The van der Waals surface area contributed by atoms with Crippen molar-refractivity contribution in [3.8, 4) is 0 Å². The Balaban J connectivity index is 2.61. The molecular weight excluding hydrogens is 136 g/mol. The molecule has 0 spiro atoms. The van der Waals surface area contributed by atoms with E-state index in [-0.39, 0.29) is 5.41 Å². The topological polar surface area (TPSA) is 20.2 Å². The molecule has 0 heterocycles. The maximum atomic E-state index is 8.99. The quantitative estimate of drug-likeness (QED) is 0.605. The van der Waals surface area contributed by atoms with Crippen molar-refractivity contribution in [2.75, 3.05) is 6.61 Å². The summed E-state index contributed by atoms with van der Waals surface area (Å²) < 4.78 is 0. The van der Waals surface area contributed by atoms with Gasteiger partial charge in [-0.3, -0.25) is 0 Å². The Labute approximate surface area is 69.1 Å². The van der Waals surface area contributed by atoms with E-state index in [0.717, 1.165) is 6.42 Å². The van der Waals surface area contributed by atoms with Crippen LogP contribution >= 0.6 is 0 Å². The summed E-state index contributed by atoms with van der Waals surface area (Å²) in [6.07, 6.45) is 1.12. The van der Waals surface area contributed by atoms with Crippen LogP contribution in [0.5, 0.6) is 0 Å². The van der Waals surface area contributed by atoms with Crippen LogP contribution in [0, 0.1) is 17.3 Å². The largest absolute Gasteiger partial charge is 0.396 e. The van der Waals surface area contributed by atoms with Crippen molar-refractivity contribution in [1.82, 2.24) is 0 Å². The molecule has 0 radical (unpaired) electrons. The zero-order valence-corrected chi connectivity index (χ0v) is 7.72. The fourth-order valence-electron chi connectivity index (χ4n) is 2.16. The molecule has 1 rings (SSSR count). The molecule has 1 aliphatic rings. The highest BCUT2D eigenvalue weighted by atomic mass is 16.3. The third-order valence-electron chi connectivity index (χ3n) is 3.29. The van der Waals surface area contributed by atoms with E-state index >= 15 is 0 Å². The number of aliphatic hydroxyl groups is 1.